The van der Waals surface area contributed by atoms with Crippen LogP contribution in [0.4, 0.5) is 0 Å². The molecule has 0 aliphatic carbocycles. The molecule has 0 bridgehead atoms. The number of hydrogen-bond donors (Lipinski definition) is 2. The number of nitrogens with zero attached hydrogens (tertiary/aromatic N) is 2. The molecule has 1 rings (SSSR count). The van der Waals surface area contributed by atoms with Gasteiger partial charge < -0.3 is 15.2 Å². The van der Waals surface area contributed by atoms with Crippen molar-refractivity contribution in [2.45, 2.75) is 33.9 Å². The lowest BCUT2D eigenvalue weighted by Gasteiger charge is -2.09. The monoisotopic (exact) mass is 238 g/mol. The van der Waals surface area contributed by atoms with Crippen LogP contribution in [0.5, 0.6) is 0 Å². The molecule has 0 unspecified atom stereocenters. The molecule has 0 fully saturated rings. The molecule has 0 radical (unpaired) electrons. The molecular weight excluding hydrogens is 216 g/mol. The Morgan fingerprint density at radius 1 is 1.53 bits per heavy atom. The third-order valence-corrected chi connectivity index (χ3v) is 2.42. The van der Waals surface area contributed by atoms with Crippen LogP contribution in [0.2, 0.25) is 0 Å². The third kappa shape index (κ3) is 4.99. The normalized spacial score (nSPS) is 10.8. The van der Waals surface area contributed by atoms with Crippen molar-refractivity contribution >= 4 is 5.91 Å². The fraction of sp³-hybridized carbons (Fsp3) is 0.667. The molecule has 0 aliphatic heterocycles. The van der Waals surface area contributed by atoms with E-state index in [9.17, 15) is 4.79 Å². The summed E-state index contributed by atoms with van der Waals surface area (Å²) in [6, 6.07) is 0. The zero-order chi connectivity index (χ0) is 12.7. The Bertz CT molecular complexity index is 346. The number of carbonyl (C=O) groups is 1. The van der Waals surface area contributed by atoms with Gasteiger partial charge in [-0.25, -0.2) is 4.98 Å². The number of aromatic nitrogens is 2. The van der Waals surface area contributed by atoms with Crippen LogP contribution < -0.4 is 10.6 Å². The molecule has 96 valence electrons. The summed E-state index contributed by atoms with van der Waals surface area (Å²) >= 11 is 0. The van der Waals surface area contributed by atoms with Crippen LogP contribution in [0, 0.1) is 5.92 Å². The average Bonchev–Trinajstić information content (AvgIpc) is 2.74. The van der Waals surface area contributed by atoms with Gasteiger partial charge in [0, 0.05) is 25.5 Å². The molecule has 0 saturated heterocycles. The third-order valence-electron chi connectivity index (χ3n) is 2.42. The zero-order valence-corrected chi connectivity index (χ0v) is 10.9. The van der Waals surface area contributed by atoms with E-state index in [1.54, 1.807) is 6.20 Å². The summed E-state index contributed by atoms with van der Waals surface area (Å²) in [5.41, 5.74) is 0. The highest BCUT2D eigenvalue weighted by molar-refractivity contribution is 5.77. The Balaban J connectivity index is 2.21. The number of imidazole rings is 1. The number of rotatable bonds is 7. The zero-order valence-electron chi connectivity index (χ0n) is 10.9. The van der Waals surface area contributed by atoms with Gasteiger partial charge in [-0.2, -0.15) is 0 Å². The van der Waals surface area contributed by atoms with Crippen LogP contribution in [0.15, 0.2) is 12.4 Å². The quantitative estimate of drug-likeness (QED) is 0.737. The lowest BCUT2D eigenvalue weighted by molar-refractivity contribution is -0.120. The number of hydrogen-bond acceptors (Lipinski definition) is 3. The van der Waals surface area contributed by atoms with Crippen molar-refractivity contribution in [2.24, 2.45) is 5.92 Å². The minimum Gasteiger partial charge on any atom is -0.355 e. The summed E-state index contributed by atoms with van der Waals surface area (Å²) in [4.78, 5) is 15.7. The van der Waals surface area contributed by atoms with Crippen molar-refractivity contribution < 1.29 is 4.79 Å². The first-order chi connectivity index (χ1) is 8.13. The highest BCUT2D eigenvalue weighted by atomic mass is 16.1. The van der Waals surface area contributed by atoms with Crippen molar-refractivity contribution in [3.63, 3.8) is 0 Å². The first-order valence-corrected chi connectivity index (χ1v) is 6.11. The Labute approximate surface area is 103 Å². The van der Waals surface area contributed by atoms with Crippen molar-refractivity contribution in [1.29, 1.82) is 0 Å². The molecular formula is C12H22N4O. The highest BCUT2D eigenvalue weighted by Gasteiger charge is 2.04. The smallest absolute Gasteiger partial charge is 0.233 e. The van der Waals surface area contributed by atoms with E-state index in [1.807, 2.05) is 6.20 Å². The second-order valence-electron chi connectivity index (χ2n) is 4.43. The molecule has 5 heteroatoms. The standard InChI is InChI=1S/C12H22N4O/c1-4-16-6-5-14-11(16)8-13-9-12(17)15-7-10(2)3/h5-6,10,13H,4,7-9H2,1-3H3,(H,15,17). The van der Waals surface area contributed by atoms with Crippen molar-refractivity contribution in [3.05, 3.63) is 18.2 Å². The molecule has 1 aromatic heterocycles. The van der Waals surface area contributed by atoms with Crippen LogP contribution in [-0.2, 0) is 17.9 Å². The molecule has 17 heavy (non-hydrogen) atoms. The Morgan fingerprint density at radius 2 is 2.29 bits per heavy atom. The predicted molar refractivity (Wildman–Crippen MR) is 67.5 cm³/mol. The van der Waals surface area contributed by atoms with Crippen LogP contribution >= 0.6 is 0 Å². The summed E-state index contributed by atoms with van der Waals surface area (Å²) in [5, 5.41) is 5.95. The van der Waals surface area contributed by atoms with Crippen molar-refractivity contribution in [3.8, 4) is 0 Å². The van der Waals surface area contributed by atoms with Gasteiger partial charge in [-0.1, -0.05) is 13.8 Å². The number of nitrogens with one attached hydrogen (secondary N) is 2. The molecule has 0 aromatic carbocycles. The fourth-order valence-corrected chi connectivity index (χ4v) is 1.46. The van der Waals surface area contributed by atoms with Gasteiger partial charge >= 0.3 is 0 Å². The molecule has 0 aliphatic rings. The Morgan fingerprint density at radius 3 is 2.94 bits per heavy atom. The van der Waals surface area contributed by atoms with E-state index in [2.05, 4.69) is 41.0 Å². The Kier molecular flexibility index (Phi) is 5.69. The van der Waals surface area contributed by atoms with Crippen LogP contribution in [0.25, 0.3) is 0 Å². The van der Waals surface area contributed by atoms with Gasteiger partial charge in [0.15, 0.2) is 0 Å². The maximum absolute atomic E-state index is 11.4. The molecule has 1 aromatic rings. The lowest BCUT2D eigenvalue weighted by atomic mass is 10.2. The summed E-state index contributed by atoms with van der Waals surface area (Å²) in [5.74, 6) is 1.48. The molecule has 2 N–H and O–H groups in total. The average molecular weight is 238 g/mol. The van der Waals surface area contributed by atoms with Crippen molar-refractivity contribution in [2.75, 3.05) is 13.1 Å². The molecule has 1 heterocycles. The second kappa shape index (κ2) is 7.06. The molecule has 0 saturated carbocycles. The number of amides is 1. The van der Waals surface area contributed by atoms with Gasteiger partial charge in [-0.3, -0.25) is 4.79 Å². The molecule has 1 amide bonds. The van der Waals surface area contributed by atoms with Gasteiger partial charge in [-0.05, 0) is 12.8 Å². The van der Waals surface area contributed by atoms with Gasteiger partial charge in [0.1, 0.15) is 5.82 Å². The minimum atomic E-state index is 0.0355. The predicted octanol–water partition coefficient (Wildman–Crippen LogP) is 0.765. The van der Waals surface area contributed by atoms with E-state index in [0.29, 0.717) is 19.0 Å². The second-order valence-corrected chi connectivity index (χ2v) is 4.43. The highest BCUT2D eigenvalue weighted by Crippen LogP contribution is 1.96. The first kappa shape index (κ1) is 13.7. The topological polar surface area (TPSA) is 59.0 Å². The van der Waals surface area contributed by atoms with Crippen LogP contribution in [0.1, 0.15) is 26.6 Å². The molecule has 0 spiro atoms. The van der Waals surface area contributed by atoms with E-state index in [1.165, 1.54) is 0 Å². The summed E-state index contributed by atoms with van der Waals surface area (Å²) in [6.45, 7) is 8.80. The van der Waals surface area contributed by atoms with Crippen molar-refractivity contribution in [1.82, 2.24) is 20.2 Å². The summed E-state index contributed by atoms with van der Waals surface area (Å²) < 4.78 is 2.05. The summed E-state index contributed by atoms with van der Waals surface area (Å²) in [7, 11) is 0. The van der Waals surface area contributed by atoms with E-state index in [0.717, 1.165) is 18.9 Å². The maximum atomic E-state index is 11.4. The molecule has 5 nitrogen and oxygen atoms in total. The van der Waals surface area contributed by atoms with Gasteiger partial charge in [0.25, 0.3) is 0 Å². The fourth-order valence-electron chi connectivity index (χ4n) is 1.46. The van der Waals surface area contributed by atoms with E-state index in [4.69, 9.17) is 0 Å². The SMILES string of the molecule is CCn1ccnc1CNCC(=O)NCC(C)C. The van der Waals surface area contributed by atoms with Gasteiger partial charge in [-0.15, -0.1) is 0 Å². The largest absolute Gasteiger partial charge is 0.355 e. The van der Waals surface area contributed by atoms with E-state index < -0.39 is 0 Å². The van der Waals surface area contributed by atoms with E-state index in [-0.39, 0.29) is 5.91 Å². The minimum absolute atomic E-state index is 0.0355. The number of aryl methyl sites for hydroxylation is 1. The lowest BCUT2D eigenvalue weighted by Crippen LogP contribution is -2.35. The van der Waals surface area contributed by atoms with Gasteiger partial charge in [0.05, 0.1) is 13.1 Å². The van der Waals surface area contributed by atoms with Gasteiger partial charge in [0.2, 0.25) is 5.91 Å². The first-order valence-electron chi connectivity index (χ1n) is 6.11. The molecule has 0 atom stereocenters. The maximum Gasteiger partial charge on any atom is 0.233 e. The van der Waals surface area contributed by atoms with E-state index >= 15 is 0 Å². The van der Waals surface area contributed by atoms with Crippen LogP contribution in [0.3, 0.4) is 0 Å². The van der Waals surface area contributed by atoms with Crippen LogP contribution in [-0.4, -0.2) is 28.5 Å². The Hall–Kier alpha value is -1.36. The number of carbonyl (C=O) groups excluding carboxylic acids is 1. The summed E-state index contributed by atoms with van der Waals surface area (Å²) in [6.07, 6.45) is 3.72.